The topological polar surface area (TPSA) is 72.9 Å². The van der Waals surface area contributed by atoms with Gasteiger partial charge in [0.05, 0.1) is 11.8 Å². The highest BCUT2D eigenvalue weighted by atomic mass is 16.1. The number of carbonyl (C=O) groups excluding carboxylic acids is 1. The number of hydrogen-bond acceptors (Lipinski definition) is 3. The first-order valence-corrected chi connectivity index (χ1v) is 6.28. The van der Waals surface area contributed by atoms with Crippen LogP contribution in [-0.4, -0.2) is 28.3 Å². The van der Waals surface area contributed by atoms with Gasteiger partial charge in [0, 0.05) is 18.8 Å². The van der Waals surface area contributed by atoms with Crippen molar-refractivity contribution in [3.63, 3.8) is 0 Å². The molecule has 3 N–H and O–H groups in total. The first kappa shape index (κ1) is 12.1. The average Bonchev–Trinajstić information content (AvgIpc) is 2.96. The maximum Gasteiger partial charge on any atom is 0.254 e. The SMILES string of the molecule is CCn1cc(C(=O)NC2CCCC2CN)cn1. The van der Waals surface area contributed by atoms with Crippen LogP contribution in [0.1, 0.15) is 36.5 Å². The third-order valence-electron chi connectivity index (χ3n) is 3.50. The number of rotatable bonds is 4. The second kappa shape index (κ2) is 5.31. The molecule has 0 aliphatic heterocycles. The van der Waals surface area contributed by atoms with Gasteiger partial charge in [-0.25, -0.2) is 0 Å². The zero-order chi connectivity index (χ0) is 12.3. The first-order valence-electron chi connectivity index (χ1n) is 6.28. The van der Waals surface area contributed by atoms with Crippen LogP contribution in [0.5, 0.6) is 0 Å². The Bertz CT molecular complexity index is 388. The number of nitrogens with zero attached hydrogens (tertiary/aromatic N) is 2. The molecule has 1 aliphatic rings. The van der Waals surface area contributed by atoms with Crippen LogP contribution < -0.4 is 11.1 Å². The molecule has 0 aromatic carbocycles. The van der Waals surface area contributed by atoms with Gasteiger partial charge in [-0.05, 0) is 32.2 Å². The summed E-state index contributed by atoms with van der Waals surface area (Å²) in [5.41, 5.74) is 6.33. The predicted molar refractivity (Wildman–Crippen MR) is 65.6 cm³/mol. The lowest BCUT2D eigenvalue weighted by molar-refractivity contribution is 0.0928. The summed E-state index contributed by atoms with van der Waals surface area (Å²) in [5, 5.41) is 7.16. The van der Waals surface area contributed by atoms with Gasteiger partial charge in [0.25, 0.3) is 5.91 Å². The lowest BCUT2D eigenvalue weighted by atomic mass is 10.0. The average molecular weight is 236 g/mol. The molecule has 1 amide bonds. The number of carbonyl (C=O) groups is 1. The Kier molecular flexibility index (Phi) is 3.78. The summed E-state index contributed by atoms with van der Waals surface area (Å²) >= 11 is 0. The third-order valence-corrected chi connectivity index (χ3v) is 3.50. The van der Waals surface area contributed by atoms with E-state index in [-0.39, 0.29) is 11.9 Å². The smallest absolute Gasteiger partial charge is 0.254 e. The van der Waals surface area contributed by atoms with E-state index in [9.17, 15) is 4.79 Å². The highest BCUT2D eigenvalue weighted by molar-refractivity contribution is 5.93. The molecule has 0 radical (unpaired) electrons. The van der Waals surface area contributed by atoms with Gasteiger partial charge in [-0.2, -0.15) is 5.10 Å². The van der Waals surface area contributed by atoms with Crippen LogP contribution in [0.2, 0.25) is 0 Å². The molecule has 5 heteroatoms. The zero-order valence-electron chi connectivity index (χ0n) is 10.2. The van der Waals surface area contributed by atoms with Gasteiger partial charge in [0.15, 0.2) is 0 Å². The molecule has 1 aliphatic carbocycles. The minimum absolute atomic E-state index is 0.0324. The van der Waals surface area contributed by atoms with Gasteiger partial charge in [-0.15, -0.1) is 0 Å². The molecule has 0 spiro atoms. The Hall–Kier alpha value is -1.36. The third kappa shape index (κ3) is 2.66. The van der Waals surface area contributed by atoms with Crippen molar-refractivity contribution in [1.82, 2.24) is 15.1 Å². The second-order valence-corrected chi connectivity index (χ2v) is 4.59. The fourth-order valence-electron chi connectivity index (χ4n) is 2.41. The van der Waals surface area contributed by atoms with Gasteiger partial charge in [0.1, 0.15) is 0 Å². The quantitative estimate of drug-likeness (QED) is 0.810. The van der Waals surface area contributed by atoms with Gasteiger partial charge >= 0.3 is 0 Å². The van der Waals surface area contributed by atoms with Crippen LogP contribution in [0.3, 0.4) is 0 Å². The highest BCUT2D eigenvalue weighted by Crippen LogP contribution is 2.24. The monoisotopic (exact) mass is 236 g/mol. The van der Waals surface area contributed by atoms with Crippen molar-refractivity contribution in [2.45, 2.75) is 38.8 Å². The van der Waals surface area contributed by atoms with Crippen molar-refractivity contribution >= 4 is 5.91 Å². The Morgan fingerprint density at radius 3 is 3.12 bits per heavy atom. The van der Waals surface area contributed by atoms with E-state index in [1.54, 1.807) is 17.1 Å². The van der Waals surface area contributed by atoms with Crippen LogP contribution in [0.15, 0.2) is 12.4 Å². The Labute approximate surface area is 101 Å². The molecule has 0 bridgehead atoms. The normalized spacial score (nSPS) is 23.9. The maximum atomic E-state index is 12.0. The van der Waals surface area contributed by atoms with E-state index < -0.39 is 0 Å². The minimum Gasteiger partial charge on any atom is -0.349 e. The van der Waals surface area contributed by atoms with Gasteiger partial charge < -0.3 is 11.1 Å². The molecular weight excluding hydrogens is 216 g/mol. The van der Waals surface area contributed by atoms with Crippen LogP contribution >= 0.6 is 0 Å². The van der Waals surface area contributed by atoms with Crippen molar-refractivity contribution in [2.75, 3.05) is 6.54 Å². The van der Waals surface area contributed by atoms with E-state index in [1.165, 1.54) is 0 Å². The van der Waals surface area contributed by atoms with Crippen molar-refractivity contribution in [1.29, 1.82) is 0 Å². The lowest BCUT2D eigenvalue weighted by Gasteiger charge is -2.18. The number of aryl methyl sites for hydroxylation is 1. The standard InChI is InChI=1S/C12H20N4O/c1-2-16-8-10(7-14-16)12(17)15-11-5-3-4-9(11)6-13/h7-9,11H,2-6,13H2,1H3,(H,15,17). The van der Waals surface area contributed by atoms with E-state index in [0.29, 0.717) is 18.0 Å². The number of hydrogen-bond donors (Lipinski definition) is 2. The molecule has 2 rings (SSSR count). The number of aromatic nitrogens is 2. The molecule has 1 aromatic rings. The fraction of sp³-hybridized carbons (Fsp3) is 0.667. The van der Waals surface area contributed by atoms with Gasteiger partial charge in [0.2, 0.25) is 0 Å². The maximum absolute atomic E-state index is 12.0. The van der Waals surface area contributed by atoms with E-state index in [0.717, 1.165) is 25.8 Å². The predicted octanol–water partition coefficient (Wildman–Crippen LogP) is 0.760. The molecule has 2 atom stereocenters. The molecule has 94 valence electrons. The summed E-state index contributed by atoms with van der Waals surface area (Å²) < 4.78 is 1.75. The summed E-state index contributed by atoms with van der Waals surface area (Å²) in [6.07, 6.45) is 6.71. The number of nitrogens with one attached hydrogen (secondary N) is 1. The molecule has 1 heterocycles. The lowest BCUT2D eigenvalue weighted by Crippen LogP contribution is -2.39. The summed E-state index contributed by atoms with van der Waals surface area (Å²) in [5.74, 6) is 0.398. The molecule has 1 aromatic heterocycles. The molecule has 5 nitrogen and oxygen atoms in total. The van der Waals surface area contributed by atoms with Crippen molar-refractivity contribution in [3.8, 4) is 0 Å². The largest absolute Gasteiger partial charge is 0.349 e. The van der Waals surface area contributed by atoms with Crippen LogP contribution in [0.25, 0.3) is 0 Å². The zero-order valence-corrected chi connectivity index (χ0v) is 10.2. The summed E-state index contributed by atoms with van der Waals surface area (Å²) in [4.78, 5) is 12.0. The second-order valence-electron chi connectivity index (χ2n) is 4.59. The van der Waals surface area contributed by atoms with Crippen LogP contribution in [0.4, 0.5) is 0 Å². The van der Waals surface area contributed by atoms with Crippen molar-refractivity contribution in [2.24, 2.45) is 11.7 Å². The minimum atomic E-state index is -0.0324. The molecule has 2 unspecified atom stereocenters. The van der Waals surface area contributed by atoms with Crippen molar-refractivity contribution < 1.29 is 4.79 Å². The number of nitrogens with two attached hydrogens (primary N) is 1. The van der Waals surface area contributed by atoms with E-state index in [2.05, 4.69) is 10.4 Å². The van der Waals surface area contributed by atoms with E-state index >= 15 is 0 Å². The van der Waals surface area contributed by atoms with E-state index in [4.69, 9.17) is 5.73 Å². The van der Waals surface area contributed by atoms with E-state index in [1.807, 2.05) is 6.92 Å². The summed E-state index contributed by atoms with van der Waals surface area (Å²) in [6, 6.07) is 0.234. The number of amides is 1. The van der Waals surface area contributed by atoms with Crippen LogP contribution in [0, 0.1) is 5.92 Å². The van der Waals surface area contributed by atoms with Crippen molar-refractivity contribution in [3.05, 3.63) is 18.0 Å². The molecule has 1 fully saturated rings. The first-order chi connectivity index (χ1) is 8.24. The van der Waals surface area contributed by atoms with Gasteiger partial charge in [-0.3, -0.25) is 9.48 Å². The molecule has 17 heavy (non-hydrogen) atoms. The fourth-order valence-corrected chi connectivity index (χ4v) is 2.41. The highest BCUT2D eigenvalue weighted by Gasteiger charge is 2.27. The van der Waals surface area contributed by atoms with Gasteiger partial charge in [-0.1, -0.05) is 6.42 Å². The Balaban J connectivity index is 1.96. The Morgan fingerprint density at radius 2 is 2.47 bits per heavy atom. The molecule has 1 saturated carbocycles. The summed E-state index contributed by atoms with van der Waals surface area (Å²) in [6.45, 7) is 3.43. The van der Waals surface area contributed by atoms with Crippen LogP contribution in [-0.2, 0) is 6.54 Å². The molecular formula is C12H20N4O. The molecule has 0 saturated heterocycles. The Morgan fingerprint density at radius 1 is 1.65 bits per heavy atom. The summed E-state index contributed by atoms with van der Waals surface area (Å²) in [7, 11) is 0.